The van der Waals surface area contributed by atoms with Crippen LogP contribution in [0.2, 0.25) is 0 Å². The van der Waals surface area contributed by atoms with E-state index in [0.717, 1.165) is 5.56 Å². The molecule has 18 heavy (non-hydrogen) atoms. The number of rotatable bonds is 4. The summed E-state index contributed by atoms with van der Waals surface area (Å²) in [6.07, 6.45) is 3.27. The molecule has 0 aromatic carbocycles. The first-order chi connectivity index (χ1) is 8.70. The highest BCUT2D eigenvalue weighted by Crippen LogP contribution is 2.18. The highest BCUT2D eigenvalue weighted by molar-refractivity contribution is 5.47. The standard InChI is InChI=1S/C11H11F2N5/c12-8-4-9(13)11(18-14)17-10(8)16-6-7-2-1-3-15-5-7/h1-5H,6,14H2,(H2,16,17,18). The third-order valence-electron chi connectivity index (χ3n) is 2.25. The highest BCUT2D eigenvalue weighted by atomic mass is 19.1. The fraction of sp³-hybridized carbons (Fsp3) is 0.0909. The van der Waals surface area contributed by atoms with Crippen molar-refractivity contribution in [2.24, 2.45) is 5.84 Å². The molecule has 0 fully saturated rings. The first-order valence-electron chi connectivity index (χ1n) is 5.16. The van der Waals surface area contributed by atoms with E-state index in [-0.39, 0.29) is 11.6 Å². The van der Waals surface area contributed by atoms with Gasteiger partial charge in [0.1, 0.15) is 0 Å². The average molecular weight is 251 g/mol. The van der Waals surface area contributed by atoms with E-state index in [9.17, 15) is 8.78 Å². The van der Waals surface area contributed by atoms with Crippen LogP contribution >= 0.6 is 0 Å². The molecular weight excluding hydrogens is 240 g/mol. The predicted molar refractivity (Wildman–Crippen MR) is 63.5 cm³/mol. The molecule has 2 aromatic heterocycles. The minimum Gasteiger partial charge on any atom is -0.363 e. The number of aromatic nitrogens is 2. The summed E-state index contributed by atoms with van der Waals surface area (Å²) in [6.45, 7) is 0.327. The van der Waals surface area contributed by atoms with Crippen LogP contribution in [-0.4, -0.2) is 9.97 Å². The van der Waals surface area contributed by atoms with Gasteiger partial charge in [-0.15, -0.1) is 0 Å². The van der Waals surface area contributed by atoms with Crippen molar-refractivity contribution in [1.29, 1.82) is 0 Å². The van der Waals surface area contributed by atoms with Crippen molar-refractivity contribution >= 4 is 11.6 Å². The average Bonchev–Trinajstić information content (AvgIpc) is 2.39. The molecule has 0 atom stereocenters. The van der Waals surface area contributed by atoms with E-state index in [1.54, 1.807) is 18.5 Å². The van der Waals surface area contributed by atoms with Crippen LogP contribution in [-0.2, 0) is 6.54 Å². The van der Waals surface area contributed by atoms with Crippen molar-refractivity contribution in [3.8, 4) is 0 Å². The summed E-state index contributed by atoms with van der Waals surface area (Å²) in [5, 5.41) is 2.74. The van der Waals surface area contributed by atoms with E-state index in [4.69, 9.17) is 5.84 Å². The largest absolute Gasteiger partial charge is 0.363 e. The fourth-order valence-corrected chi connectivity index (χ4v) is 1.38. The van der Waals surface area contributed by atoms with E-state index in [1.165, 1.54) is 0 Å². The lowest BCUT2D eigenvalue weighted by Gasteiger charge is -2.09. The number of nitrogen functional groups attached to an aromatic ring is 1. The van der Waals surface area contributed by atoms with Gasteiger partial charge in [-0.1, -0.05) is 6.07 Å². The van der Waals surface area contributed by atoms with Crippen LogP contribution in [0, 0.1) is 11.6 Å². The van der Waals surface area contributed by atoms with Crippen molar-refractivity contribution in [3.05, 3.63) is 47.8 Å². The Morgan fingerprint density at radius 3 is 2.67 bits per heavy atom. The molecule has 2 heterocycles. The van der Waals surface area contributed by atoms with Crippen LogP contribution in [0.5, 0.6) is 0 Å². The molecule has 2 rings (SSSR count). The van der Waals surface area contributed by atoms with E-state index in [1.807, 2.05) is 6.07 Å². The molecule has 0 amide bonds. The summed E-state index contributed by atoms with van der Waals surface area (Å²) in [5.41, 5.74) is 2.91. The van der Waals surface area contributed by atoms with Gasteiger partial charge in [0.05, 0.1) is 0 Å². The molecule has 4 N–H and O–H groups in total. The second kappa shape index (κ2) is 5.37. The van der Waals surface area contributed by atoms with E-state index >= 15 is 0 Å². The number of nitrogens with one attached hydrogen (secondary N) is 2. The Morgan fingerprint density at radius 2 is 2.00 bits per heavy atom. The normalized spacial score (nSPS) is 10.2. The zero-order valence-electron chi connectivity index (χ0n) is 9.32. The summed E-state index contributed by atoms with van der Waals surface area (Å²) in [4.78, 5) is 7.61. The molecule has 0 bridgehead atoms. The Kier molecular flexibility index (Phi) is 3.63. The van der Waals surface area contributed by atoms with Crippen LogP contribution in [0.3, 0.4) is 0 Å². The number of pyridine rings is 2. The van der Waals surface area contributed by atoms with Crippen LogP contribution < -0.4 is 16.6 Å². The lowest BCUT2D eigenvalue weighted by molar-refractivity contribution is 0.578. The molecule has 0 saturated carbocycles. The molecule has 0 saturated heterocycles. The van der Waals surface area contributed by atoms with Crippen molar-refractivity contribution in [3.63, 3.8) is 0 Å². The fourth-order valence-electron chi connectivity index (χ4n) is 1.38. The van der Waals surface area contributed by atoms with Crippen LogP contribution in [0.15, 0.2) is 30.6 Å². The van der Waals surface area contributed by atoms with E-state index in [2.05, 4.69) is 20.7 Å². The van der Waals surface area contributed by atoms with Gasteiger partial charge in [0, 0.05) is 25.0 Å². The third-order valence-corrected chi connectivity index (χ3v) is 2.25. The zero-order chi connectivity index (χ0) is 13.0. The van der Waals surface area contributed by atoms with Gasteiger partial charge < -0.3 is 10.7 Å². The van der Waals surface area contributed by atoms with Gasteiger partial charge in [0.15, 0.2) is 23.3 Å². The second-order valence-corrected chi connectivity index (χ2v) is 3.51. The number of hydrazine groups is 1. The number of anilines is 2. The van der Waals surface area contributed by atoms with Crippen molar-refractivity contribution < 1.29 is 8.78 Å². The second-order valence-electron chi connectivity index (χ2n) is 3.51. The van der Waals surface area contributed by atoms with Gasteiger partial charge in [-0.05, 0) is 11.6 Å². The number of hydrogen-bond acceptors (Lipinski definition) is 5. The Morgan fingerprint density at radius 1 is 1.22 bits per heavy atom. The number of hydrogen-bond donors (Lipinski definition) is 3. The van der Waals surface area contributed by atoms with Crippen LogP contribution in [0.25, 0.3) is 0 Å². The smallest absolute Gasteiger partial charge is 0.178 e. The van der Waals surface area contributed by atoms with Crippen molar-refractivity contribution in [1.82, 2.24) is 9.97 Å². The molecule has 0 radical (unpaired) electrons. The monoisotopic (exact) mass is 251 g/mol. The van der Waals surface area contributed by atoms with Gasteiger partial charge in [-0.2, -0.15) is 0 Å². The maximum atomic E-state index is 13.4. The molecule has 2 aromatic rings. The summed E-state index contributed by atoms with van der Waals surface area (Å²) < 4.78 is 26.5. The molecule has 0 aliphatic rings. The summed E-state index contributed by atoms with van der Waals surface area (Å²) in [6, 6.07) is 4.30. The van der Waals surface area contributed by atoms with Gasteiger partial charge in [-0.25, -0.2) is 19.6 Å². The molecule has 94 valence electrons. The molecule has 0 aliphatic carbocycles. The van der Waals surface area contributed by atoms with E-state index in [0.29, 0.717) is 12.6 Å². The van der Waals surface area contributed by atoms with Crippen molar-refractivity contribution in [2.75, 3.05) is 10.7 Å². The number of nitrogens with zero attached hydrogens (tertiary/aromatic N) is 2. The topological polar surface area (TPSA) is 75.9 Å². The molecule has 0 spiro atoms. The summed E-state index contributed by atoms with van der Waals surface area (Å²) >= 11 is 0. The number of nitrogens with two attached hydrogens (primary N) is 1. The van der Waals surface area contributed by atoms with Gasteiger partial charge in [0.25, 0.3) is 0 Å². The predicted octanol–water partition coefficient (Wildman–Crippen LogP) is 1.65. The van der Waals surface area contributed by atoms with E-state index < -0.39 is 11.6 Å². The minimum atomic E-state index is -0.845. The minimum absolute atomic E-state index is 0.0757. The summed E-state index contributed by atoms with van der Waals surface area (Å²) in [7, 11) is 0. The maximum Gasteiger partial charge on any atom is 0.178 e. The Bertz CT molecular complexity index is 532. The zero-order valence-corrected chi connectivity index (χ0v) is 9.32. The Hall–Kier alpha value is -2.28. The van der Waals surface area contributed by atoms with Gasteiger partial charge in [-0.3, -0.25) is 4.98 Å². The number of halogens is 2. The van der Waals surface area contributed by atoms with Crippen LogP contribution in [0.1, 0.15) is 5.56 Å². The molecule has 0 aliphatic heterocycles. The van der Waals surface area contributed by atoms with Gasteiger partial charge in [0.2, 0.25) is 0 Å². The molecular formula is C11H11F2N5. The first kappa shape index (κ1) is 12.2. The van der Waals surface area contributed by atoms with Crippen molar-refractivity contribution in [2.45, 2.75) is 6.54 Å². The highest BCUT2D eigenvalue weighted by Gasteiger charge is 2.10. The maximum absolute atomic E-state index is 13.4. The SMILES string of the molecule is NNc1nc(NCc2cccnc2)c(F)cc1F. The molecule has 0 unspecified atom stereocenters. The Balaban J connectivity index is 2.14. The van der Waals surface area contributed by atoms with Gasteiger partial charge >= 0.3 is 0 Å². The Labute approximate surface area is 102 Å². The molecule has 5 nitrogen and oxygen atoms in total. The lowest BCUT2D eigenvalue weighted by atomic mass is 10.3. The first-order valence-corrected chi connectivity index (χ1v) is 5.16. The summed E-state index contributed by atoms with van der Waals surface area (Å²) in [5.74, 6) is 3.14. The quantitative estimate of drug-likeness (QED) is 0.569. The third kappa shape index (κ3) is 2.69. The van der Waals surface area contributed by atoms with Crippen LogP contribution in [0.4, 0.5) is 20.4 Å². The lowest BCUT2D eigenvalue weighted by Crippen LogP contribution is -2.13. The molecule has 7 heteroatoms.